The van der Waals surface area contributed by atoms with E-state index >= 15 is 0 Å². The fourth-order valence-electron chi connectivity index (χ4n) is 6.54. The highest BCUT2D eigenvalue weighted by atomic mass is 16.2. The summed E-state index contributed by atoms with van der Waals surface area (Å²) in [6, 6.07) is 11.2. The van der Waals surface area contributed by atoms with Gasteiger partial charge in [0.1, 0.15) is 0 Å². The Kier molecular flexibility index (Phi) is 4.95. The van der Waals surface area contributed by atoms with Crippen molar-refractivity contribution >= 4 is 5.91 Å². The van der Waals surface area contributed by atoms with Gasteiger partial charge in [0.15, 0.2) is 0 Å². The van der Waals surface area contributed by atoms with Crippen LogP contribution in [0.25, 0.3) is 0 Å². The Labute approximate surface area is 163 Å². The van der Waals surface area contributed by atoms with Gasteiger partial charge in [-0.05, 0) is 61.3 Å². The summed E-state index contributed by atoms with van der Waals surface area (Å²) in [7, 11) is 0. The van der Waals surface area contributed by atoms with Gasteiger partial charge in [0.05, 0.1) is 6.54 Å². The molecule has 1 aromatic carbocycles. The van der Waals surface area contributed by atoms with E-state index < -0.39 is 0 Å². The zero-order valence-corrected chi connectivity index (χ0v) is 16.4. The highest BCUT2D eigenvalue weighted by Gasteiger charge is 2.48. The molecule has 0 aromatic heterocycles. The lowest BCUT2D eigenvalue weighted by molar-refractivity contribution is -0.126. The van der Waals surface area contributed by atoms with Crippen LogP contribution in [-0.4, -0.2) is 54.5 Å². The molecule has 27 heavy (non-hydrogen) atoms. The Morgan fingerprint density at radius 2 is 1.44 bits per heavy atom. The van der Waals surface area contributed by atoms with Gasteiger partial charge >= 0.3 is 0 Å². The van der Waals surface area contributed by atoms with E-state index in [1.165, 1.54) is 37.7 Å². The molecule has 1 amide bonds. The van der Waals surface area contributed by atoms with Crippen molar-refractivity contribution in [2.75, 3.05) is 32.7 Å². The average molecular weight is 368 g/mol. The number of hydrogen-bond acceptors (Lipinski definition) is 3. The van der Waals surface area contributed by atoms with Crippen molar-refractivity contribution < 1.29 is 4.79 Å². The van der Waals surface area contributed by atoms with E-state index in [0.717, 1.165) is 56.4 Å². The van der Waals surface area contributed by atoms with E-state index in [9.17, 15) is 4.79 Å². The number of benzene rings is 1. The summed E-state index contributed by atoms with van der Waals surface area (Å²) in [5, 5.41) is 3.47. The maximum atomic E-state index is 12.7. The molecular formula is C23H33N3O. The van der Waals surface area contributed by atoms with Crippen molar-refractivity contribution in [3.8, 4) is 0 Å². The number of nitrogens with one attached hydrogen (secondary N) is 1. The minimum Gasteiger partial charge on any atom is -0.352 e. The third-order valence-electron chi connectivity index (χ3n) is 7.64. The molecule has 1 saturated heterocycles. The summed E-state index contributed by atoms with van der Waals surface area (Å²) >= 11 is 0. The maximum absolute atomic E-state index is 12.7. The lowest BCUT2D eigenvalue weighted by Crippen LogP contribution is -2.57. The second-order valence-corrected chi connectivity index (χ2v) is 9.56. The molecule has 4 aliphatic carbocycles. The zero-order chi connectivity index (χ0) is 18.2. The molecule has 146 valence electrons. The minimum atomic E-state index is 0.268. The quantitative estimate of drug-likeness (QED) is 0.869. The minimum absolute atomic E-state index is 0.268. The first-order valence-corrected chi connectivity index (χ1v) is 11.0. The fourth-order valence-corrected chi connectivity index (χ4v) is 6.54. The Hall–Kier alpha value is -1.39. The predicted octanol–water partition coefficient (Wildman–Crippen LogP) is 2.75. The molecule has 4 saturated carbocycles. The molecule has 4 nitrogen and oxygen atoms in total. The molecule has 1 aliphatic heterocycles. The van der Waals surface area contributed by atoms with Crippen LogP contribution >= 0.6 is 0 Å². The second kappa shape index (κ2) is 7.56. The molecule has 1 N–H and O–H groups in total. The molecule has 0 spiro atoms. The third kappa shape index (κ3) is 3.93. The van der Waals surface area contributed by atoms with Gasteiger partial charge in [-0.15, -0.1) is 0 Å². The molecule has 0 radical (unpaired) electrons. The largest absolute Gasteiger partial charge is 0.352 e. The smallest absolute Gasteiger partial charge is 0.234 e. The van der Waals surface area contributed by atoms with Gasteiger partial charge in [-0.3, -0.25) is 14.6 Å². The average Bonchev–Trinajstić information content (AvgIpc) is 2.67. The van der Waals surface area contributed by atoms with Crippen LogP contribution < -0.4 is 5.32 Å². The van der Waals surface area contributed by atoms with E-state index in [2.05, 4.69) is 45.4 Å². The van der Waals surface area contributed by atoms with Gasteiger partial charge in [-0.2, -0.15) is 0 Å². The second-order valence-electron chi connectivity index (χ2n) is 9.56. The summed E-state index contributed by atoms with van der Waals surface area (Å²) in [5.74, 6) is 3.75. The summed E-state index contributed by atoms with van der Waals surface area (Å²) in [5.41, 5.74) is 1.38. The number of hydrogen-bond donors (Lipinski definition) is 1. The molecule has 4 bridgehead atoms. The van der Waals surface area contributed by atoms with Gasteiger partial charge in [-0.1, -0.05) is 30.3 Å². The van der Waals surface area contributed by atoms with E-state index in [1.807, 2.05) is 0 Å². The SMILES string of the molecule is O=C(CN1CCN(Cc2ccccc2)CC1)NC1C2CC3CC(C2)CC1C3. The van der Waals surface area contributed by atoms with E-state index in [0.29, 0.717) is 12.6 Å². The number of amides is 1. The van der Waals surface area contributed by atoms with E-state index in [1.54, 1.807) is 0 Å². The molecule has 6 rings (SSSR count). The van der Waals surface area contributed by atoms with E-state index in [-0.39, 0.29) is 5.91 Å². The lowest BCUT2D eigenvalue weighted by atomic mass is 9.54. The first-order valence-electron chi connectivity index (χ1n) is 11.0. The summed E-state index contributed by atoms with van der Waals surface area (Å²) in [6.45, 7) is 5.72. The van der Waals surface area contributed by atoms with Crippen molar-refractivity contribution in [3.63, 3.8) is 0 Å². The van der Waals surface area contributed by atoms with Gasteiger partial charge in [0.2, 0.25) is 5.91 Å². The Morgan fingerprint density at radius 3 is 2.07 bits per heavy atom. The van der Waals surface area contributed by atoms with Crippen LogP contribution in [0.1, 0.15) is 37.7 Å². The van der Waals surface area contributed by atoms with Crippen molar-refractivity contribution in [1.82, 2.24) is 15.1 Å². The van der Waals surface area contributed by atoms with Crippen LogP contribution in [0.2, 0.25) is 0 Å². The maximum Gasteiger partial charge on any atom is 0.234 e. The number of piperazine rings is 1. The first-order chi connectivity index (χ1) is 13.2. The molecule has 4 heteroatoms. The van der Waals surface area contributed by atoms with Crippen molar-refractivity contribution in [1.29, 1.82) is 0 Å². The van der Waals surface area contributed by atoms with Gasteiger partial charge < -0.3 is 5.32 Å². The van der Waals surface area contributed by atoms with Crippen LogP contribution in [0, 0.1) is 23.7 Å². The topological polar surface area (TPSA) is 35.6 Å². The van der Waals surface area contributed by atoms with E-state index in [4.69, 9.17) is 0 Å². The molecule has 0 unspecified atom stereocenters. The monoisotopic (exact) mass is 367 g/mol. The van der Waals surface area contributed by atoms with Crippen LogP contribution in [0.5, 0.6) is 0 Å². The van der Waals surface area contributed by atoms with Crippen LogP contribution in [0.15, 0.2) is 30.3 Å². The zero-order valence-electron chi connectivity index (χ0n) is 16.4. The van der Waals surface area contributed by atoms with Gasteiger partial charge in [0, 0.05) is 38.8 Å². The van der Waals surface area contributed by atoms with Crippen LogP contribution in [0.3, 0.4) is 0 Å². The molecular weight excluding hydrogens is 334 g/mol. The molecule has 5 fully saturated rings. The Balaban J connectivity index is 1.08. The summed E-state index contributed by atoms with van der Waals surface area (Å²) in [6.07, 6.45) is 6.96. The van der Waals surface area contributed by atoms with Crippen LogP contribution in [0.4, 0.5) is 0 Å². The standard InChI is InChI=1S/C23H33N3O/c27-22(24-23-20-11-18-10-19(13-20)14-21(23)12-18)16-26-8-6-25(7-9-26)15-17-4-2-1-3-5-17/h1-5,18-21,23H,6-16H2,(H,24,27). The van der Waals surface area contributed by atoms with Gasteiger partial charge in [-0.25, -0.2) is 0 Å². The first kappa shape index (κ1) is 17.7. The third-order valence-corrected chi connectivity index (χ3v) is 7.64. The number of carbonyl (C=O) groups is 1. The number of nitrogens with zero attached hydrogens (tertiary/aromatic N) is 2. The Bertz CT molecular complexity index is 625. The van der Waals surface area contributed by atoms with Crippen molar-refractivity contribution in [2.24, 2.45) is 23.7 Å². The van der Waals surface area contributed by atoms with Crippen molar-refractivity contribution in [2.45, 2.75) is 44.7 Å². The molecule has 1 heterocycles. The summed E-state index contributed by atoms with van der Waals surface area (Å²) < 4.78 is 0. The highest BCUT2D eigenvalue weighted by Crippen LogP contribution is 2.53. The summed E-state index contributed by atoms with van der Waals surface area (Å²) in [4.78, 5) is 17.6. The fraction of sp³-hybridized carbons (Fsp3) is 0.696. The van der Waals surface area contributed by atoms with Crippen molar-refractivity contribution in [3.05, 3.63) is 35.9 Å². The normalized spacial score (nSPS) is 36.1. The molecule has 1 aromatic rings. The Morgan fingerprint density at radius 1 is 0.852 bits per heavy atom. The molecule has 0 atom stereocenters. The lowest BCUT2D eigenvalue weighted by Gasteiger charge is -2.54. The van der Waals surface area contributed by atoms with Gasteiger partial charge in [0.25, 0.3) is 0 Å². The highest BCUT2D eigenvalue weighted by molar-refractivity contribution is 5.78. The molecule has 5 aliphatic rings. The van der Waals surface area contributed by atoms with Crippen LogP contribution in [-0.2, 0) is 11.3 Å². The number of rotatable bonds is 5. The number of carbonyl (C=O) groups excluding carboxylic acids is 1. The predicted molar refractivity (Wildman–Crippen MR) is 107 cm³/mol.